The van der Waals surface area contributed by atoms with E-state index in [1.165, 1.54) is 12.0 Å². The summed E-state index contributed by atoms with van der Waals surface area (Å²) in [6, 6.07) is 8.38. The van der Waals surface area contributed by atoms with Crippen LogP contribution in [0.15, 0.2) is 28.8 Å². The highest BCUT2D eigenvalue weighted by Gasteiger charge is 2.39. The zero-order chi connectivity index (χ0) is 16.3. The molecule has 2 aromatic rings. The first kappa shape index (κ1) is 18.9. The highest BCUT2D eigenvalue weighted by Crippen LogP contribution is 2.37. The van der Waals surface area contributed by atoms with Gasteiger partial charge in [0.2, 0.25) is 0 Å². The maximum atomic E-state index is 6.25. The molecular formula is C18H27ClN4O. The van der Waals surface area contributed by atoms with Crippen molar-refractivity contribution in [1.29, 1.82) is 0 Å². The minimum atomic E-state index is -0.372. The predicted octanol–water partition coefficient (Wildman–Crippen LogP) is 3.73. The van der Waals surface area contributed by atoms with Crippen molar-refractivity contribution in [3.05, 3.63) is 35.7 Å². The fourth-order valence-electron chi connectivity index (χ4n) is 3.00. The Bertz CT molecular complexity index is 637. The second kappa shape index (κ2) is 8.10. The van der Waals surface area contributed by atoms with Gasteiger partial charge in [-0.25, -0.2) is 0 Å². The molecule has 2 N–H and O–H groups in total. The molecule has 1 saturated carbocycles. The van der Waals surface area contributed by atoms with Crippen LogP contribution >= 0.6 is 12.4 Å². The van der Waals surface area contributed by atoms with E-state index in [1.807, 2.05) is 0 Å². The lowest BCUT2D eigenvalue weighted by atomic mass is 9.77. The van der Waals surface area contributed by atoms with Gasteiger partial charge in [0.1, 0.15) is 0 Å². The molecule has 6 heteroatoms. The molecule has 1 aliphatic carbocycles. The third kappa shape index (κ3) is 3.97. The van der Waals surface area contributed by atoms with Gasteiger partial charge in [-0.2, -0.15) is 4.98 Å². The second-order valence-corrected chi connectivity index (χ2v) is 6.50. The predicted molar refractivity (Wildman–Crippen MR) is 97.9 cm³/mol. The van der Waals surface area contributed by atoms with E-state index in [2.05, 4.69) is 53.2 Å². The van der Waals surface area contributed by atoms with Gasteiger partial charge in [0.25, 0.3) is 5.89 Å². The third-order valence-electron chi connectivity index (χ3n) is 4.71. The van der Waals surface area contributed by atoms with E-state index in [1.54, 1.807) is 0 Å². The summed E-state index contributed by atoms with van der Waals surface area (Å²) in [5, 5.41) is 4.08. The lowest BCUT2D eigenvalue weighted by molar-refractivity contribution is 0.229. The number of nitrogens with zero attached hydrogens (tertiary/aromatic N) is 3. The summed E-state index contributed by atoms with van der Waals surface area (Å²) in [4.78, 5) is 6.94. The molecule has 3 rings (SSSR count). The second-order valence-electron chi connectivity index (χ2n) is 6.50. The summed E-state index contributed by atoms with van der Waals surface area (Å²) < 4.78 is 5.40. The monoisotopic (exact) mass is 350 g/mol. The molecule has 1 aromatic carbocycles. The summed E-state index contributed by atoms with van der Waals surface area (Å²) in [6.07, 6.45) is 4.20. The van der Waals surface area contributed by atoms with Gasteiger partial charge in [0.15, 0.2) is 5.82 Å². The molecule has 5 nitrogen and oxygen atoms in total. The number of halogens is 1. The van der Waals surface area contributed by atoms with Crippen molar-refractivity contribution in [3.63, 3.8) is 0 Å². The van der Waals surface area contributed by atoms with Crippen molar-refractivity contribution in [2.45, 2.75) is 51.6 Å². The molecule has 0 amide bonds. The van der Waals surface area contributed by atoms with Crippen molar-refractivity contribution < 1.29 is 4.52 Å². The summed E-state index contributed by atoms with van der Waals surface area (Å²) in [5.41, 5.74) is 8.13. The van der Waals surface area contributed by atoms with Crippen molar-refractivity contribution in [3.8, 4) is 11.5 Å². The van der Waals surface area contributed by atoms with Gasteiger partial charge in [-0.05, 0) is 56.5 Å². The number of hydrogen-bond donors (Lipinski definition) is 1. The Morgan fingerprint density at radius 3 is 2.46 bits per heavy atom. The molecule has 0 bridgehead atoms. The Kier molecular flexibility index (Phi) is 6.38. The average Bonchev–Trinajstić information content (AvgIpc) is 3.03. The zero-order valence-electron chi connectivity index (χ0n) is 14.5. The molecule has 132 valence electrons. The molecule has 0 unspecified atom stereocenters. The number of hydrogen-bond acceptors (Lipinski definition) is 5. The van der Waals surface area contributed by atoms with E-state index in [9.17, 15) is 0 Å². The highest BCUT2D eigenvalue weighted by molar-refractivity contribution is 5.85. The molecule has 0 saturated heterocycles. The Hall–Kier alpha value is -1.43. The number of aromatic nitrogens is 2. The van der Waals surface area contributed by atoms with Gasteiger partial charge in [0, 0.05) is 12.1 Å². The molecule has 24 heavy (non-hydrogen) atoms. The minimum Gasteiger partial charge on any atom is -0.334 e. The van der Waals surface area contributed by atoms with Gasteiger partial charge in [-0.3, -0.25) is 4.90 Å². The van der Waals surface area contributed by atoms with Crippen LogP contribution in [0.25, 0.3) is 11.5 Å². The van der Waals surface area contributed by atoms with E-state index in [4.69, 9.17) is 10.3 Å². The Morgan fingerprint density at radius 1 is 1.21 bits per heavy atom. The molecular weight excluding hydrogens is 324 g/mol. The van der Waals surface area contributed by atoms with Crippen LogP contribution in [0.1, 0.15) is 50.9 Å². The SMILES string of the molecule is CCCN(CC)Cc1ccc(-c2nc(C3(N)CCC3)no2)cc1.Cl. The largest absolute Gasteiger partial charge is 0.334 e. The van der Waals surface area contributed by atoms with Crippen LogP contribution in [0.3, 0.4) is 0 Å². The van der Waals surface area contributed by atoms with Gasteiger partial charge in [-0.15, -0.1) is 12.4 Å². The van der Waals surface area contributed by atoms with E-state index in [0.29, 0.717) is 11.7 Å². The van der Waals surface area contributed by atoms with Crippen molar-refractivity contribution in [1.82, 2.24) is 15.0 Å². The molecule has 0 aliphatic heterocycles. The van der Waals surface area contributed by atoms with Crippen LogP contribution in [-0.2, 0) is 12.1 Å². The number of benzene rings is 1. The van der Waals surface area contributed by atoms with Crippen molar-refractivity contribution in [2.75, 3.05) is 13.1 Å². The third-order valence-corrected chi connectivity index (χ3v) is 4.71. The Morgan fingerprint density at radius 2 is 1.92 bits per heavy atom. The summed E-state index contributed by atoms with van der Waals surface area (Å²) in [7, 11) is 0. The minimum absolute atomic E-state index is 0. The quantitative estimate of drug-likeness (QED) is 0.824. The number of rotatable bonds is 7. The van der Waals surface area contributed by atoms with Gasteiger partial charge in [0.05, 0.1) is 5.54 Å². The normalized spacial score (nSPS) is 15.8. The average molecular weight is 351 g/mol. The van der Waals surface area contributed by atoms with Crippen LogP contribution in [0.5, 0.6) is 0 Å². The van der Waals surface area contributed by atoms with Crippen LogP contribution in [-0.4, -0.2) is 28.1 Å². The van der Waals surface area contributed by atoms with E-state index in [0.717, 1.165) is 44.5 Å². The Labute approximate surface area is 150 Å². The van der Waals surface area contributed by atoms with E-state index in [-0.39, 0.29) is 17.9 Å². The molecule has 0 spiro atoms. The van der Waals surface area contributed by atoms with Crippen LogP contribution in [0, 0.1) is 0 Å². The maximum Gasteiger partial charge on any atom is 0.257 e. The molecule has 1 aromatic heterocycles. The fourth-order valence-corrected chi connectivity index (χ4v) is 3.00. The summed E-state index contributed by atoms with van der Waals surface area (Å²) in [5.74, 6) is 1.20. The first-order chi connectivity index (χ1) is 11.1. The molecule has 0 radical (unpaired) electrons. The van der Waals surface area contributed by atoms with Crippen LogP contribution in [0.4, 0.5) is 0 Å². The fraction of sp³-hybridized carbons (Fsp3) is 0.556. The maximum absolute atomic E-state index is 6.25. The highest BCUT2D eigenvalue weighted by atomic mass is 35.5. The van der Waals surface area contributed by atoms with Crippen LogP contribution < -0.4 is 5.73 Å². The molecule has 1 aliphatic rings. The van der Waals surface area contributed by atoms with E-state index < -0.39 is 0 Å². The smallest absolute Gasteiger partial charge is 0.257 e. The first-order valence-electron chi connectivity index (χ1n) is 8.59. The van der Waals surface area contributed by atoms with Crippen LogP contribution in [0.2, 0.25) is 0 Å². The summed E-state index contributed by atoms with van der Waals surface area (Å²) in [6.45, 7) is 7.59. The van der Waals surface area contributed by atoms with Gasteiger partial charge < -0.3 is 10.3 Å². The summed E-state index contributed by atoms with van der Waals surface area (Å²) >= 11 is 0. The van der Waals surface area contributed by atoms with Gasteiger partial charge >= 0.3 is 0 Å². The lowest BCUT2D eigenvalue weighted by Gasteiger charge is -2.34. The van der Waals surface area contributed by atoms with Crippen molar-refractivity contribution >= 4 is 12.4 Å². The standard InChI is InChI=1S/C18H26N4O.ClH/c1-3-12-22(4-2)13-14-6-8-15(9-7-14)16-20-17(21-23-16)18(19)10-5-11-18;/h6-9H,3-5,10-13,19H2,1-2H3;1H. The number of nitrogens with two attached hydrogens (primary N) is 1. The molecule has 1 heterocycles. The Balaban J connectivity index is 0.00000208. The topological polar surface area (TPSA) is 68.2 Å². The van der Waals surface area contributed by atoms with E-state index >= 15 is 0 Å². The lowest BCUT2D eigenvalue weighted by Crippen LogP contribution is -2.44. The zero-order valence-corrected chi connectivity index (χ0v) is 15.3. The molecule has 0 atom stereocenters. The first-order valence-corrected chi connectivity index (χ1v) is 8.59. The molecule has 1 fully saturated rings. The van der Waals surface area contributed by atoms with Gasteiger partial charge in [-0.1, -0.05) is 31.1 Å². The van der Waals surface area contributed by atoms with Crippen molar-refractivity contribution in [2.24, 2.45) is 5.73 Å².